The van der Waals surface area contributed by atoms with Gasteiger partial charge >= 0.3 is 6.18 Å². The predicted molar refractivity (Wildman–Crippen MR) is 77.0 cm³/mol. The number of aryl methyl sites for hydroxylation is 1. The number of hydrogen-bond acceptors (Lipinski definition) is 3. The molecule has 4 nitrogen and oxygen atoms in total. The lowest BCUT2D eigenvalue weighted by molar-refractivity contribution is -0.141. The third-order valence-corrected chi connectivity index (χ3v) is 4.60. The van der Waals surface area contributed by atoms with Crippen molar-refractivity contribution in [3.05, 3.63) is 29.1 Å². The third-order valence-electron chi connectivity index (χ3n) is 4.60. The number of ether oxygens (including phenoxy) is 1. The van der Waals surface area contributed by atoms with Gasteiger partial charge in [0.2, 0.25) is 0 Å². The van der Waals surface area contributed by atoms with E-state index < -0.39 is 11.9 Å². The highest BCUT2D eigenvalue weighted by atomic mass is 19.4. The van der Waals surface area contributed by atoms with E-state index in [0.717, 1.165) is 31.7 Å². The number of pyridine rings is 1. The summed E-state index contributed by atoms with van der Waals surface area (Å²) in [4.78, 5) is 18.1. The number of hydrogen-bond donors (Lipinski definition) is 0. The molecule has 126 valence electrons. The SMILES string of the molecule is Cc1nc(C(F)(F)F)ccc1C(=O)N1CCO[C@@H]2CCCC[C@@H]21. The quantitative estimate of drug-likeness (QED) is 0.795. The number of halogens is 3. The molecule has 7 heteroatoms. The van der Waals surface area contributed by atoms with E-state index in [2.05, 4.69) is 4.98 Å². The number of carbonyl (C=O) groups excluding carboxylic acids is 1. The molecule has 2 heterocycles. The van der Waals surface area contributed by atoms with Crippen LogP contribution in [0.15, 0.2) is 12.1 Å². The number of aromatic nitrogens is 1. The van der Waals surface area contributed by atoms with Gasteiger partial charge in [0.25, 0.3) is 5.91 Å². The summed E-state index contributed by atoms with van der Waals surface area (Å²) < 4.78 is 43.8. The molecule has 1 aliphatic carbocycles. The molecule has 1 saturated heterocycles. The van der Waals surface area contributed by atoms with Crippen molar-refractivity contribution < 1.29 is 22.7 Å². The minimum absolute atomic E-state index is 0.0201. The summed E-state index contributed by atoms with van der Waals surface area (Å²) in [5, 5.41) is 0. The fourth-order valence-corrected chi connectivity index (χ4v) is 3.45. The molecular weight excluding hydrogens is 309 g/mol. The highest BCUT2D eigenvalue weighted by Crippen LogP contribution is 2.31. The van der Waals surface area contributed by atoms with Crippen molar-refractivity contribution in [2.24, 2.45) is 0 Å². The Bertz CT molecular complexity index is 601. The van der Waals surface area contributed by atoms with E-state index >= 15 is 0 Å². The summed E-state index contributed by atoms with van der Waals surface area (Å²) in [7, 11) is 0. The molecule has 0 unspecified atom stereocenters. The second-order valence-electron chi connectivity index (χ2n) is 6.09. The van der Waals surface area contributed by atoms with E-state index in [1.54, 1.807) is 4.90 Å². The minimum Gasteiger partial charge on any atom is -0.374 e. The van der Waals surface area contributed by atoms with Crippen LogP contribution in [0.5, 0.6) is 0 Å². The van der Waals surface area contributed by atoms with Crippen LogP contribution in [0, 0.1) is 6.92 Å². The zero-order valence-corrected chi connectivity index (χ0v) is 12.9. The van der Waals surface area contributed by atoms with E-state index in [4.69, 9.17) is 4.74 Å². The summed E-state index contributed by atoms with van der Waals surface area (Å²) in [6.45, 7) is 2.39. The molecule has 2 atom stereocenters. The standard InChI is InChI=1S/C16H19F3N2O2/c1-10-11(6-7-14(20-10)16(17,18)19)15(22)21-8-9-23-13-5-3-2-4-12(13)21/h6-7,12-13H,2-5,8-9H2,1H3/t12-,13+/m0/s1. The minimum atomic E-state index is -4.50. The number of morpholine rings is 1. The molecule has 1 amide bonds. The first-order chi connectivity index (χ1) is 10.9. The van der Waals surface area contributed by atoms with Crippen LogP contribution in [0.25, 0.3) is 0 Å². The molecule has 1 aromatic rings. The van der Waals surface area contributed by atoms with Crippen LogP contribution in [-0.2, 0) is 10.9 Å². The first-order valence-electron chi connectivity index (χ1n) is 7.85. The van der Waals surface area contributed by atoms with E-state index in [9.17, 15) is 18.0 Å². The van der Waals surface area contributed by atoms with Crippen LogP contribution in [0.2, 0.25) is 0 Å². The third kappa shape index (κ3) is 3.20. The van der Waals surface area contributed by atoms with Crippen LogP contribution in [-0.4, -0.2) is 41.1 Å². The highest BCUT2D eigenvalue weighted by Gasteiger charge is 2.38. The van der Waals surface area contributed by atoms with Crippen LogP contribution in [0.3, 0.4) is 0 Å². The van der Waals surface area contributed by atoms with Gasteiger partial charge in [-0.25, -0.2) is 4.98 Å². The largest absolute Gasteiger partial charge is 0.433 e. The normalized spacial score (nSPS) is 25.1. The lowest BCUT2D eigenvalue weighted by atomic mass is 9.89. The average molecular weight is 328 g/mol. The van der Waals surface area contributed by atoms with E-state index in [1.165, 1.54) is 13.0 Å². The molecule has 0 radical (unpaired) electrons. The number of alkyl halides is 3. The number of fused-ring (bicyclic) bond motifs is 1. The summed E-state index contributed by atoms with van der Waals surface area (Å²) in [5.74, 6) is -0.246. The zero-order chi connectivity index (χ0) is 16.6. The zero-order valence-electron chi connectivity index (χ0n) is 12.9. The monoisotopic (exact) mass is 328 g/mol. The van der Waals surface area contributed by atoms with Gasteiger partial charge < -0.3 is 9.64 Å². The fourth-order valence-electron chi connectivity index (χ4n) is 3.45. The summed E-state index contributed by atoms with van der Waals surface area (Å²) in [6.07, 6.45) is -0.519. The maximum absolute atomic E-state index is 12.8. The van der Waals surface area contributed by atoms with Gasteiger partial charge in [-0.1, -0.05) is 12.8 Å². The maximum Gasteiger partial charge on any atom is 0.433 e. The Kier molecular flexibility index (Phi) is 4.31. The van der Waals surface area contributed by atoms with Crippen LogP contribution < -0.4 is 0 Å². The molecule has 0 bridgehead atoms. The fraction of sp³-hybridized carbons (Fsp3) is 0.625. The van der Waals surface area contributed by atoms with Crippen molar-refractivity contribution >= 4 is 5.91 Å². The van der Waals surface area contributed by atoms with Crippen molar-refractivity contribution in [2.45, 2.75) is 50.9 Å². The van der Waals surface area contributed by atoms with Crippen molar-refractivity contribution in [1.29, 1.82) is 0 Å². The molecule has 1 aromatic heterocycles. The lowest BCUT2D eigenvalue weighted by Crippen LogP contribution is -2.55. The van der Waals surface area contributed by atoms with Crippen LogP contribution >= 0.6 is 0 Å². The topological polar surface area (TPSA) is 42.4 Å². The van der Waals surface area contributed by atoms with Gasteiger partial charge in [0.1, 0.15) is 5.69 Å². The van der Waals surface area contributed by atoms with E-state index in [1.807, 2.05) is 0 Å². The maximum atomic E-state index is 12.8. The Morgan fingerprint density at radius 3 is 2.74 bits per heavy atom. The molecule has 0 N–H and O–H groups in total. The van der Waals surface area contributed by atoms with Gasteiger partial charge in [0.05, 0.1) is 30.0 Å². The van der Waals surface area contributed by atoms with Crippen molar-refractivity contribution in [2.75, 3.05) is 13.2 Å². The summed E-state index contributed by atoms with van der Waals surface area (Å²) in [6, 6.07) is 2.13. The first kappa shape index (κ1) is 16.2. The van der Waals surface area contributed by atoms with Crippen LogP contribution in [0.4, 0.5) is 13.2 Å². The van der Waals surface area contributed by atoms with Crippen molar-refractivity contribution in [3.8, 4) is 0 Å². The molecule has 0 aromatic carbocycles. The van der Waals surface area contributed by atoms with E-state index in [-0.39, 0.29) is 29.3 Å². The van der Waals surface area contributed by atoms with Gasteiger partial charge in [-0.2, -0.15) is 13.2 Å². The van der Waals surface area contributed by atoms with Gasteiger partial charge in [0.15, 0.2) is 0 Å². The molecule has 1 aliphatic heterocycles. The molecule has 0 spiro atoms. The number of nitrogens with zero attached hydrogens (tertiary/aromatic N) is 2. The van der Waals surface area contributed by atoms with Gasteiger partial charge in [-0.05, 0) is 31.9 Å². The van der Waals surface area contributed by atoms with Crippen molar-refractivity contribution in [3.63, 3.8) is 0 Å². The summed E-state index contributed by atoms with van der Waals surface area (Å²) >= 11 is 0. The molecule has 23 heavy (non-hydrogen) atoms. The second-order valence-corrected chi connectivity index (χ2v) is 6.09. The average Bonchev–Trinajstić information content (AvgIpc) is 2.53. The molecule has 2 aliphatic rings. The van der Waals surface area contributed by atoms with Crippen LogP contribution in [0.1, 0.15) is 47.4 Å². The Labute approximate surface area is 132 Å². The molecule has 3 rings (SSSR count). The smallest absolute Gasteiger partial charge is 0.374 e. The molecule has 2 fully saturated rings. The first-order valence-corrected chi connectivity index (χ1v) is 7.85. The lowest BCUT2D eigenvalue weighted by Gasteiger charge is -2.43. The molecular formula is C16H19F3N2O2. The number of amides is 1. The molecule has 1 saturated carbocycles. The Hall–Kier alpha value is -1.63. The number of carbonyl (C=O) groups is 1. The predicted octanol–water partition coefficient (Wildman–Crippen LogP) is 3.19. The van der Waals surface area contributed by atoms with Crippen molar-refractivity contribution in [1.82, 2.24) is 9.88 Å². The Morgan fingerprint density at radius 1 is 1.30 bits per heavy atom. The van der Waals surface area contributed by atoms with Gasteiger partial charge in [-0.15, -0.1) is 0 Å². The Balaban J connectivity index is 1.85. The second kappa shape index (κ2) is 6.11. The number of rotatable bonds is 1. The van der Waals surface area contributed by atoms with Gasteiger partial charge in [-0.3, -0.25) is 4.79 Å². The van der Waals surface area contributed by atoms with Gasteiger partial charge in [0, 0.05) is 6.54 Å². The summed E-state index contributed by atoms with van der Waals surface area (Å²) in [5.41, 5.74) is -0.614. The Morgan fingerprint density at radius 2 is 2.04 bits per heavy atom. The highest BCUT2D eigenvalue weighted by molar-refractivity contribution is 5.95. The van der Waals surface area contributed by atoms with E-state index in [0.29, 0.717) is 13.2 Å².